The lowest BCUT2D eigenvalue weighted by Gasteiger charge is -2.16. The molecule has 3 N–H and O–H groups in total. The van der Waals surface area contributed by atoms with Crippen LogP contribution in [0.15, 0.2) is 84.9 Å². The number of pyridine rings is 1. The number of aromatic amines is 1. The zero-order valence-corrected chi connectivity index (χ0v) is 17.3. The van der Waals surface area contributed by atoms with Gasteiger partial charge in [-0.3, -0.25) is 0 Å². The summed E-state index contributed by atoms with van der Waals surface area (Å²) in [5, 5.41) is 1.09. The fourth-order valence-electron chi connectivity index (χ4n) is 3.64. The lowest BCUT2D eigenvalue weighted by atomic mass is 9.89. The Balaban J connectivity index is 2.09. The molecule has 0 unspecified atom stereocenters. The number of nitrogens with two attached hydrogens (primary N) is 1. The van der Waals surface area contributed by atoms with Gasteiger partial charge < -0.3 is 10.7 Å². The molecule has 0 bridgehead atoms. The predicted octanol–water partition coefficient (Wildman–Crippen LogP) is 6.03. The summed E-state index contributed by atoms with van der Waals surface area (Å²) < 4.78 is 0. The maximum atomic E-state index is 5.84. The highest BCUT2D eigenvalue weighted by atomic mass is 14.8. The van der Waals surface area contributed by atoms with Gasteiger partial charge in [-0.25, -0.2) is 4.98 Å². The number of fused-ring (bicyclic) bond motifs is 1. The van der Waals surface area contributed by atoms with Crippen molar-refractivity contribution in [2.45, 2.75) is 33.1 Å². The van der Waals surface area contributed by atoms with Crippen LogP contribution in [0.3, 0.4) is 0 Å². The third-order valence-electron chi connectivity index (χ3n) is 5.21. The molecule has 0 radical (unpaired) electrons. The Labute approximate surface area is 173 Å². The molecule has 2 heterocycles. The van der Waals surface area contributed by atoms with E-state index in [0.29, 0.717) is 0 Å². The standard InChI is InChI=1S/C26H29N3/c1-5-8-21-13-18(3)10-11-22(21)14-23(19(4)20(6-2)16-27)15-24-17-29-26-25(24)9-7-12-28-26/h6-7,9-13,15-17H,2,4-5,8,14,27H2,1,3H3,(H,28,29)/b20-16+,23-15+. The highest BCUT2D eigenvalue weighted by Crippen LogP contribution is 2.28. The molecule has 3 heteroatoms. The number of aromatic nitrogens is 2. The van der Waals surface area contributed by atoms with Gasteiger partial charge in [0.15, 0.2) is 0 Å². The quantitative estimate of drug-likeness (QED) is 0.466. The van der Waals surface area contributed by atoms with Crippen LogP contribution in [0, 0.1) is 6.92 Å². The van der Waals surface area contributed by atoms with E-state index in [4.69, 9.17) is 5.73 Å². The Kier molecular flexibility index (Phi) is 6.50. The first-order valence-corrected chi connectivity index (χ1v) is 10.0. The van der Waals surface area contributed by atoms with E-state index >= 15 is 0 Å². The number of rotatable bonds is 8. The van der Waals surface area contributed by atoms with E-state index in [0.717, 1.165) is 52.6 Å². The number of H-pyrrole nitrogens is 1. The summed E-state index contributed by atoms with van der Waals surface area (Å²) in [6, 6.07) is 10.7. The zero-order chi connectivity index (χ0) is 20.8. The van der Waals surface area contributed by atoms with Gasteiger partial charge >= 0.3 is 0 Å². The van der Waals surface area contributed by atoms with Gasteiger partial charge in [-0.1, -0.05) is 56.3 Å². The Morgan fingerprint density at radius 3 is 2.79 bits per heavy atom. The molecule has 0 amide bonds. The van der Waals surface area contributed by atoms with Crippen LogP contribution in [0.25, 0.3) is 17.1 Å². The summed E-state index contributed by atoms with van der Waals surface area (Å²) >= 11 is 0. The van der Waals surface area contributed by atoms with Crippen LogP contribution in [-0.2, 0) is 12.8 Å². The van der Waals surface area contributed by atoms with Gasteiger partial charge in [0.05, 0.1) is 0 Å². The summed E-state index contributed by atoms with van der Waals surface area (Å²) in [4.78, 5) is 7.65. The molecule has 0 spiro atoms. The highest BCUT2D eigenvalue weighted by Gasteiger charge is 2.12. The van der Waals surface area contributed by atoms with Gasteiger partial charge in [0.1, 0.15) is 5.65 Å². The number of allylic oxidation sites excluding steroid dienone is 4. The molecule has 148 valence electrons. The Hall–Kier alpha value is -3.33. The van der Waals surface area contributed by atoms with Crippen molar-refractivity contribution in [3.63, 3.8) is 0 Å². The van der Waals surface area contributed by atoms with Gasteiger partial charge in [-0.05, 0) is 65.8 Å². The number of aryl methyl sites for hydroxylation is 2. The third-order valence-corrected chi connectivity index (χ3v) is 5.21. The molecule has 0 saturated carbocycles. The molecular weight excluding hydrogens is 354 g/mol. The summed E-state index contributed by atoms with van der Waals surface area (Å²) in [6.45, 7) is 12.6. The minimum Gasteiger partial charge on any atom is -0.404 e. The Morgan fingerprint density at radius 2 is 2.07 bits per heavy atom. The van der Waals surface area contributed by atoms with Crippen molar-refractivity contribution >= 4 is 17.1 Å². The van der Waals surface area contributed by atoms with Crippen molar-refractivity contribution in [3.05, 3.63) is 107 Å². The fraction of sp³-hybridized carbons (Fsp3) is 0.192. The average molecular weight is 384 g/mol. The molecule has 3 aromatic rings. The van der Waals surface area contributed by atoms with E-state index in [1.165, 1.54) is 16.7 Å². The molecule has 0 atom stereocenters. The zero-order valence-electron chi connectivity index (χ0n) is 17.3. The van der Waals surface area contributed by atoms with Gasteiger partial charge in [-0.2, -0.15) is 0 Å². The normalized spacial score (nSPS) is 12.3. The first-order chi connectivity index (χ1) is 14.1. The number of nitrogens with zero attached hydrogens (tertiary/aromatic N) is 1. The Morgan fingerprint density at radius 1 is 1.24 bits per heavy atom. The van der Waals surface area contributed by atoms with Crippen LogP contribution in [0.1, 0.15) is 35.6 Å². The second-order valence-electron chi connectivity index (χ2n) is 7.32. The molecular formula is C26H29N3. The topological polar surface area (TPSA) is 54.7 Å². The van der Waals surface area contributed by atoms with Gasteiger partial charge in [-0.15, -0.1) is 0 Å². The molecule has 1 aromatic carbocycles. The lowest BCUT2D eigenvalue weighted by molar-refractivity contribution is 0.901. The first-order valence-electron chi connectivity index (χ1n) is 10.0. The number of nitrogens with one attached hydrogen (secondary N) is 1. The van der Waals surface area contributed by atoms with Crippen LogP contribution in [0.5, 0.6) is 0 Å². The summed E-state index contributed by atoms with van der Waals surface area (Å²) in [7, 11) is 0. The van der Waals surface area contributed by atoms with Gasteiger partial charge in [0.25, 0.3) is 0 Å². The molecule has 0 aliphatic heterocycles. The predicted molar refractivity (Wildman–Crippen MR) is 125 cm³/mol. The van der Waals surface area contributed by atoms with Crippen molar-refractivity contribution in [1.82, 2.24) is 9.97 Å². The van der Waals surface area contributed by atoms with Crippen LogP contribution in [0.4, 0.5) is 0 Å². The van der Waals surface area contributed by atoms with Crippen molar-refractivity contribution in [2.24, 2.45) is 5.73 Å². The van der Waals surface area contributed by atoms with Crippen LogP contribution < -0.4 is 5.73 Å². The minimum atomic E-state index is 0.784. The van der Waals surface area contributed by atoms with Gasteiger partial charge in [0, 0.05) is 29.5 Å². The molecule has 29 heavy (non-hydrogen) atoms. The second kappa shape index (κ2) is 9.24. The molecule has 3 nitrogen and oxygen atoms in total. The van der Waals surface area contributed by atoms with Crippen LogP contribution in [0.2, 0.25) is 0 Å². The molecule has 0 aliphatic rings. The maximum absolute atomic E-state index is 5.84. The third kappa shape index (κ3) is 4.57. The lowest BCUT2D eigenvalue weighted by Crippen LogP contribution is -2.02. The van der Waals surface area contributed by atoms with E-state index in [9.17, 15) is 0 Å². The fourth-order valence-corrected chi connectivity index (χ4v) is 3.64. The number of benzene rings is 1. The van der Waals surface area contributed by atoms with Gasteiger partial charge in [0.2, 0.25) is 0 Å². The number of hydrogen-bond donors (Lipinski definition) is 2. The Bertz CT molecular complexity index is 1100. The molecule has 0 fully saturated rings. The summed E-state index contributed by atoms with van der Waals surface area (Å²) in [6.07, 6.45) is 12.3. The van der Waals surface area contributed by atoms with E-state index in [2.05, 4.69) is 67.3 Å². The molecule has 2 aromatic heterocycles. The number of hydrogen-bond acceptors (Lipinski definition) is 2. The summed E-state index contributed by atoms with van der Waals surface area (Å²) in [5.74, 6) is 0. The second-order valence-corrected chi connectivity index (χ2v) is 7.32. The van der Waals surface area contributed by atoms with Crippen LogP contribution in [-0.4, -0.2) is 9.97 Å². The smallest absolute Gasteiger partial charge is 0.137 e. The molecule has 0 aliphatic carbocycles. The highest BCUT2D eigenvalue weighted by molar-refractivity contribution is 5.87. The van der Waals surface area contributed by atoms with E-state index in [-0.39, 0.29) is 0 Å². The largest absolute Gasteiger partial charge is 0.404 e. The van der Waals surface area contributed by atoms with E-state index < -0.39 is 0 Å². The van der Waals surface area contributed by atoms with Crippen LogP contribution >= 0.6 is 0 Å². The average Bonchev–Trinajstić information content (AvgIpc) is 3.13. The summed E-state index contributed by atoms with van der Waals surface area (Å²) in [5.41, 5.74) is 14.7. The SMILES string of the molecule is C=C/C(=C\N)C(=C)/C(=C/c1c[nH]c2ncccc12)Cc1ccc(C)cc1CCC. The van der Waals surface area contributed by atoms with Crippen molar-refractivity contribution in [2.75, 3.05) is 0 Å². The maximum Gasteiger partial charge on any atom is 0.137 e. The molecule has 3 rings (SSSR count). The van der Waals surface area contributed by atoms with Crippen molar-refractivity contribution < 1.29 is 0 Å². The first kappa shape index (κ1) is 20.4. The molecule has 0 saturated heterocycles. The van der Waals surface area contributed by atoms with Crippen molar-refractivity contribution in [3.8, 4) is 0 Å². The van der Waals surface area contributed by atoms with E-state index in [1.54, 1.807) is 18.5 Å². The monoisotopic (exact) mass is 383 g/mol. The minimum absolute atomic E-state index is 0.784. The van der Waals surface area contributed by atoms with E-state index in [1.807, 2.05) is 12.3 Å². The van der Waals surface area contributed by atoms with Crippen molar-refractivity contribution in [1.29, 1.82) is 0 Å².